The molecular weight excluding hydrogens is 821 g/mol. The molecule has 5 aromatic carbocycles. The SMILES string of the molecule is CCCCCCc1cc([N+](=O)[O-])c2cc3c(C#C[Si](C(C)C)(C(C)C)C(C)C)c4cc5cc(CCCCCC)cc([N+](=O)[O-])c5cc4c(C#C[Si](C(C)C)(C(C)C)C(C)C)c3cc2c1. The molecule has 0 heterocycles. The van der Waals surface area contributed by atoms with Gasteiger partial charge in [-0.15, -0.1) is 11.1 Å². The molecule has 5 rings (SSSR count). The van der Waals surface area contributed by atoms with Gasteiger partial charge in [-0.1, -0.05) is 159 Å². The fourth-order valence-electron chi connectivity index (χ4n) is 11.6. The maximum Gasteiger partial charge on any atom is 0.277 e. The Hall–Kier alpha value is -4.51. The molecule has 342 valence electrons. The van der Waals surface area contributed by atoms with Crippen LogP contribution in [0.3, 0.4) is 0 Å². The van der Waals surface area contributed by atoms with Gasteiger partial charge in [0.25, 0.3) is 11.4 Å². The number of aryl methyl sites for hydroxylation is 2. The van der Waals surface area contributed by atoms with Crippen LogP contribution in [0.25, 0.3) is 43.1 Å². The van der Waals surface area contributed by atoms with Crippen molar-refractivity contribution in [1.29, 1.82) is 0 Å². The van der Waals surface area contributed by atoms with Crippen LogP contribution in [-0.2, 0) is 12.8 Å². The lowest BCUT2D eigenvalue weighted by Crippen LogP contribution is -2.43. The first-order valence-electron chi connectivity index (χ1n) is 24.6. The van der Waals surface area contributed by atoms with E-state index in [9.17, 15) is 20.2 Å². The Labute approximate surface area is 387 Å². The summed E-state index contributed by atoms with van der Waals surface area (Å²) < 4.78 is 0. The summed E-state index contributed by atoms with van der Waals surface area (Å²) in [5, 5.41) is 32.3. The Morgan fingerprint density at radius 3 is 1.03 bits per heavy atom. The van der Waals surface area contributed by atoms with E-state index in [0.29, 0.717) is 44.0 Å². The number of hydrogen-bond donors (Lipinski definition) is 0. The molecule has 0 saturated carbocycles. The Balaban J connectivity index is 2.10. The molecule has 0 atom stereocenters. The number of nitro benzene ring substituents is 2. The Morgan fingerprint density at radius 2 is 0.750 bits per heavy atom. The molecule has 5 aromatic rings. The van der Waals surface area contributed by atoms with Gasteiger partial charge in [0, 0.05) is 34.0 Å². The van der Waals surface area contributed by atoms with Crippen molar-refractivity contribution in [3.63, 3.8) is 0 Å². The van der Waals surface area contributed by atoms with Crippen molar-refractivity contribution in [3.8, 4) is 22.9 Å². The first kappa shape index (κ1) is 50.5. The Kier molecular flexibility index (Phi) is 16.7. The minimum absolute atomic E-state index is 0.111. The summed E-state index contributed by atoms with van der Waals surface area (Å²) in [4.78, 5) is 25.6. The Bertz CT molecular complexity index is 2430. The standard InChI is InChI=1S/C56H76N2O4Si2/c1-15-17-19-21-23-43-29-45-33-51-47(25-27-63(37(3)4,38(5)6)39(7)8)54-36-50-46(30-44(24-22-20-18-16-2)32-56(50)58(61)62)34-52(54)48(53(51)35-49(45)55(31-43)57(59)60)26-28-64(40(9)10,41(11)12)42(13)14/h29-42H,15-24H2,1-14H3. The monoisotopic (exact) mass is 897 g/mol. The van der Waals surface area contributed by atoms with E-state index < -0.39 is 16.1 Å². The van der Waals surface area contributed by atoms with Crippen molar-refractivity contribution < 1.29 is 9.85 Å². The molecule has 0 saturated heterocycles. The topological polar surface area (TPSA) is 86.3 Å². The van der Waals surface area contributed by atoms with Crippen LogP contribution in [0.2, 0.25) is 33.2 Å². The average Bonchev–Trinajstić information content (AvgIpc) is 3.22. The van der Waals surface area contributed by atoms with Crippen LogP contribution in [0, 0.1) is 43.2 Å². The highest BCUT2D eigenvalue weighted by atomic mass is 28.3. The number of rotatable bonds is 18. The van der Waals surface area contributed by atoms with Crippen LogP contribution in [-0.4, -0.2) is 26.0 Å². The van der Waals surface area contributed by atoms with Crippen LogP contribution in [0.15, 0.2) is 48.5 Å². The van der Waals surface area contributed by atoms with Gasteiger partial charge in [-0.2, -0.15) is 0 Å². The van der Waals surface area contributed by atoms with E-state index in [2.05, 4.69) is 144 Å². The molecule has 0 radical (unpaired) electrons. The third-order valence-corrected chi connectivity index (χ3v) is 27.5. The molecule has 0 aliphatic heterocycles. The van der Waals surface area contributed by atoms with Gasteiger partial charge in [-0.05, 0) is 116 Å². The van der Waals surface area contributed by atoms with Gasteiger partial charge in [0.05, 0.1) is 20.6 Å². The molecule has 0 bridgehead atoms. The molecule has 64 heavy (non-hydrogen) atoms. The van der Waals surface area contributed by atoms with Gasteiger partial charge in [0.1, 0.15) is 16.1 Å². The molecule has 0 amide bonds. The summed E-state index contributed by atoms with van der Waals surface area (Å²) in [5.74, 6) is 7.74. The van der Waals surface area contributed by atoms with E-state index >= 15 is 0 Å². The largest absolute Gasteiger partial charge is 0.277 e. The van der Waals surface area contributed by atoms with Gasteiger partial charge >= 0.3 is 0 Å². The first-order chi connectivity index (χ1) is 30.3. The predicted molar refractivity (Wildman–Crippen MR) is 281 cm³/mol. The van der Waals surface area contributed by atoms with Crippen molar-refractivity contribution in [1.82, 2.24) is 0 Å². The maximum absolute atomic E-state index is 13.0. The van der Waals surface area contributed by atoms with Crippen molar-refractivity contribution in [2.24, 2.45) is 0 Å². The highest BCUT2D eigenvalue weighted by molar-refractivity contribution is 6.91. The van der Waals surface area contributed by atoms with Gasteiger partial charge < -0.3 is 0 Å². The molecule has 0 unspecified atom stereocenters. The van der Waals surface area contributed by atoms with Crippen molar-refractivity contribution in [2.75, 3.05) is 0 Å². The third-order valence-electron chi connectivity index (χ3n) is 14.9. The first-order valence-corrected chi connectivity index (χ1v) is 29.0. The Morgan fingerprint density at radius 1 is 0.438 bits per heavy atom. The summed E-state index contributed by atoms with van der Waals surface area (Å²) in [7, 11) is -4.55. The van der Waals surface area contributed by atoms with Gasteiger partial charge in [0.15, 0.2) is 0 Å². The van der Waals surface area contributed by atoms with Crippen molar-refractivity contribution in [2.45, 2.75) is 194 Å². The second kappa shape index (κ2) is 21.2. The molecule has 8 heteroatoms. The highest BCUT2D eigenvalue weighted by Crippen LogP contribution is 2.45. The maximum atomic E-state index is 13.0. The van der Waals surface area contributed by atoms with Gasteiger partial charge in [0.2, 0.25) is 0 Å². The quantitative estimate of drug-likeness (QED) is 0.0219. The number of fused-ring (bicyclic) bond motifs is 4. The number of nitro groups is 2. The fraction of sp³-hybridized carbons (Fsp3) is 0.536. The number of unbranched alkanes of at least 4 members (excludes halogenated alkanes) is 6. The van der Waals surface area contributed by atoms with Gasteiger partial charge in [-0.3, -0.25) is 20.2 Å². The zero-order chi connectivity index (χ0) is 47.3. The van der Waals surface area contributed by atoms with E-state index in [1.807, 2.05) is 12.1 Å². The number of non-ortho nitro benzene ring substituents is 2. The summed E-state index contributed by atoms with van der Waals surface area (Å²) >= 11 is 0. The number of nitrogens with zero attached hydrogens (tertiary/aromatic N) is 2. The average molecular weight is 897 g/mol. The zero-order valence-corrected chi connectivity index (χ0v) is 43.7. The predicted octanol–water partition coefficient (Wildman–Crippen LogP) is 17.5. The van der Waals surface area contributed by atoms with E-state index in [0.717, 1.165) is 119 Å². The van der Waals surface area contributed by atoms with Crippen LogP contribution in [0.1, 0.15) is 171 Å². The van der Waals surface area contributed by atoms with Crippen molar-refractivity contribution in [3.05, 3.63) is 91.0 Å². The van der Waals surface area contributed by atoms with E-state index in [1.165, 1.54) is 0 Å². The molecule has 6 nitrogen and oxygen atoms in total. The molecule has 0 aromatic heterocycles. The highest BCUT2D eigenvalue weighted by Gasteiger charge is 2.43. The lowest BCUT2D eigenvalue weighted by molar-refractivity contribution is -0.383. The van der Waals surface area contributed by atoms with Crippen LogP contribution >= 0.6 is 0 Å². The smallest absolute Gasteiger partial charge is 0.258 e. The molecule has 0 aliphatic rings. The van der Waals surface area contributed by atoms with Gasteiger partial charge in [-0.25, -0.2) is 0 Å². The second-order valence-electron chi connectivity index (χ2n) is 20.6. The summed E-state index contributed by atoms with van der Waals surface area (Å²) in [6, 6.07) is 16.1. The van der Waals surface area contributed by atoms with Crippen LogP contribution in [0.5, 0.6) is 0 Å². The van der Waals surface area contributed by atoms with Crippen molar-refractivity contribution >= 4 is 70.6 Å². The van der Waals surface area contributed by atoms with E-state index in [1.54, 1.807) is 12.1 Å². The zero-order valence-electron chi connectivity index (χ0n) is 41.7. The second-order valence-corrected chi connectivity index (χ2v) is 31.8. The number of benzene rings is 5. The summed E-state index contributed by atoms with van der Waals surface area (Å²) in [6.45, 7) is 32.2. The lowest BCUT2D eigenvalue weighted by Gasteiger charge is -2.38. The fourth-order valence-corrected chi connectivity index (χ4v) is 22.0. The van der Waals surface area contributed by atoms with E-state index in [4.69, 9.17) is 0 Å². The van der Waals surface area contributed by atoms with Crippen LogP contribution in [0.4, 0.5) is 11.4 Å². The van der Waals surface area contributed by atoms with E-state index in [-0.39, 0.29) is 21.2 Å². The third kappa shape index (κ3) is 10.00. The molecule has 0 fully saturated rings. The van der Waals surface area contributed by atoms with Crippen LogP contribution < -0.4 is 0 Å². The molecule has 0 spiro atoms. The summed E-state index contributed by atoms with van der Waals surface area (Å²) in [5.41, 5.74) is 14.2. The minimum atomic E-state index is -2.28. The lowest BCUT2D eigenvalue weighted by atomic mass is 9.87. The summed E-state index contributed by atoms with van der Waals surface area (Å²) in [6.07, 6.45) is 10.1. The number of hydrogen-bond acceptors (Lipinski definition) is 4. The molecular formula is C56H76N2O4Si2. The normalized spacial score (nSPS) is 12.4. The minimum Gasteiger partial charge on any atom is -0.258 e. The molecule has 0 N–H and O–H groups in total. The molecule has 0 aliphatic carbocycles.